The number of carbonyl (C=O) groups excluding carboxylic acids is 1. The summed E-state index contributed by atoms with van der Waals surface area (Å²) in [7, 11) is 0. The first kappa shape index (κ1) is 17.4. The average Bonchev–Trinajstić information content (AvgIpc) is 3.07. The second kappa shape index (κ2) is 7.19. The van der Waals surface area contributed by atoms with Crippen LogP contribution in [0.2, 0.25) is 0 Å². The Kier molecular flexibility index (Phi) is 5.00. The minimum Gasteiger partial charge on any atom is -0.356 e. The normalized spacial score (nSPS) is 14.3. The van der Waals surface area contributed by atoms with E-state index in [2.05, 4.69) is 43.1 Å². The summed E-state index contributed by atoms with van der Waals surface area (Å²) in [4.78, 5) is 16.7. The van der Waals surface area contributed by atoms with Crippen molar-refractivity contribution >= 4 is 17.2 Å². The van der Waals surface area contributed by atoms with E-state index in [1.807, 2.05) is 19.2 Å². The third-order valence-corrected chi connectivity index (χ3v) is 5.12. The zero-order chi connectivity index (χ0) is 17.9. The monoisotopic (exact) mass is 355 g/mol. The topological polar surface area (TPSA) is 71.6 Å². The molecule has 0 spiro atoms. The molecule has 0 saturated carbocycles. The Hall–Kier alpha value is -2.46. The molecule has 3 rings (SSSR count). The molecular formula is C18H21N5OS. The molecule has 0 aliphatic carbocycles. The molecular weight excluding hydrogens is 334 g/mol. The van der Waals surface area contributed by atoms with E-state index in [9.17, 15) is 4.79 Å². The van der Waals surface area contributed by atoms with Crippen LogP contribution in [0, 0.1) is 26.2 Å². The number of amides is 1. The molecule has 0 atom stereocenters. The van der Waals surface area contributed by atoms with Crippen LogP contribution in [-0.4, -0.2) is 27.7 Å². The second-order valence-corrected chi connectivity index (χ2v) is 7.07. The van der Waals surface area contributed by atoms with Crippen molar-refractivity contribution in [2.45, 2.75) is 45.2 Å². The zero-order valence-electron chi connectivity index (χ0n) is 14.5. The summed E-state index contributed by atoms with van der Waals surface area (Å²) in [5, 5.41) is 13.9. The van der Waals surface area contributed by atoms with Gasteiger partial charge in [0.2, 0.25) is 5.91 Å². The summed E-state index contributed by atoms with van der Waals surface area (Å²) in [6.07, 6.45) is 7.66. The van der Waals surface area contributed by atoms with Crippen LogP contribution >= 0.6 is 11.3 Å². The van der Waals surface area contributed by atoms with E-state index in [1.54, 1.807) is 11.3 Å². The first-order valence-corrected chi connectivity index (χ1v) is 9.15. The molecule has 0 aromatic carbocycles. The second-order valence-electron chi connectivity index (χ2n) is 6.24. The van der Waals surface area contributed by atoms with E-state index < -0.39 is 0 Å². The highest BCUT2D eigenvalue weighted by molar-refractivity contribution is 7.12. The largest absolute Gasteiger partial charge is 0.356 e. The summed E-state index contributed by atoms with van der Waals surface area (Å²) >= 11 is 1.55. The maximum absolute atomic E-state index is 12.1. The number of carbonyl (C=O) groups is 1. The molecule has 0 saturated heterocycles. The molecule has 1 amide bonds. The SMILES string of the molecule is C#CCCC1(CCNC(=O)Cc2csc(-n3c(C)ccc3C)n2)N=N1. The lowest BCUT2D eigenvalue weighted by molar-refractivity contribution is -0.120. The number of nitrogens with one attached hydrogen (secondary N) is 1. The van der Waals surface area contributed by atoms with Gasteiger partial charge in [-0.25, -0.2) is 4.98 Å². The van der Waals surface area contributed by atoms with Gasteiger partial charge in [-0.15, -0.1) is 23.7 Å². The van der Waals surface area contributed by atoms with Crippen molar-refractivity contribution in [3.8, 4) is 17.5 Å². The molecule has 7 heteroatoms. The van der Waals surface area contributed by atoms with Gasteiger partial charge in [0.15, 0.2) is 10.8 Å². The van der Waals surface area contributed by atoms with Crippen LogP contribution in [-0.2, 0) is 11.2 Å². The summed E-state index contributed by atoms with van der Waals surface area (Å²) in [6.45, 7) is 4.64. The first-order chi connectivity index (χ1) is 12.0. The van der Waals surface area contributed by atoms with E-state index >= 15 is 0 Å². The summed E-state index contributed by atoms with van der Waals surface area (Å²) in [5.41, 5.74) is 2.71. The number of terminal acetylenes is 1. The molecule has 2 aromatic heterocycles. The molecule has 0 unspecified atom stereocenters. The van der Waals surface area contributed by atoms with E-state index in [1.165, 1.54) is 0 Å². The molecule has 1 N–H and O–H groups in total. The summed E-state index contributed by atoms with van der Waals surface area (Å²) in [6, 6.07) is 4.13. The lowest BCUT2D eigenvalue weighted by Crippen LogP contribution is -2.29. The van der Waals surface area contributed by atoms with Gasteiger partial charge in [0.05, 0.1) is 12.1 Å². The van der Waals surface area contributed by atoms with Crippen molar-refractivity contribution in [3.63, 3.8) is 0 Å². The predicted octanol–water partition coefficient (Wildman–Crippen LogP) is 3.17. The van der Waals surface area contributed by atoms with Crippen molar-refractivity contribution in [1.82, 2.24) is 14.9 Å². The van der Waals surface area contributed by atoms with Crippen LogP contribution < -0.4 is 5.32 Å². The molecule has 25 heavy (non-hydrogen) atoms. The van der Waals surface area contributed by atoms with Crippen molar-refractivity contribution in [2.75, 3.05) is 6.54 Å². The first-order valence-electron chi connectivity index (χ1n) is 8.27. The Balaban J connectivity index is 1.49. The molecule has 0 radical (unpaired) electrons. The number of aromatic nitrogens is 2. The van der Waals surface area contributed by atoms with E-state index in [-0.39, 0.29) is 18.0 Å². The quantitative estimate of drug-likeness (QED) is 0.739. The van der Waals surface area contributed by atoms with Gasteiger partial charge in [-0.2, -0.15) is 10.2 Å². The van der Waals surface area contributed by atoms with Gasteiger partial charge >= 0.3 is 0 Å². The van der Waals surface area contributed by atoms with Crippen LogP contribution in [0.25, 0.3) is 5.13 Å². The highest BCUT2D eigenvalue weighted by Gasteiger charge is 2.38. The predicted molar refractivity (Wildman–Crippen MR) is 97.9 cm³/mol. The number of hydrogen-bond acceptors (Lipinski definition) is 5. The highest BCUT2D eigenvalue weighted by Crippen LogP contribution is 2.36. The van der Waals surface area contributed by atoms with E-state index in [4.69, 9.17) is 6.42 Å². The van der Waals surface area contributed by atoms with Gasteiger partial charge < -0.3 is 5.32 Å². The number of aryl methyl sites for hydroxylation is 2. The maximum Gasteiger partial charge on any atom is 0.226 e. The molecule has 1 aliphatic rings. The molecule has 6 nitrogen and oxygen atoms in total. The van der Waals surface area contributed by atoms with Crippen LogP contribution in [0.5, 0.6) is 0 Å². The maximum atomic E-state index is 12.1. The molecule has 2 aromatic rings. The van der Waals surface area contributed by atoms with Gasteiger partial charge in [-0.1, -0.05) is 0 Å². The van der Waals surface area contributed by atoms with Gasteiger partial charge in [0, 0.05) is 42.6 Å². The van der Waals surface area contributed by atoms with Crippen LogP contribution in [0.4, 0.5) is 0 Å². The van der Waals surface area contributed by atoms with Gasteiger partial charge in [0.1, 0.15) is 0 Å². The minimum absolute atomic E-state index is 0.0365. The third kappa shape index (κ3) is 4.15. The summed E-state index contributed by atoms with van der Waals surface area (Å²) in [5.74, 6) is 2.56. The lowest BCUT2D eigenvalue weighted by atomic mass is 10.0. The Morgan fingerprint density at radius 3 is 2.68 bits per heavy atom. The third-order valence-electron chi connectivity index (χ3n) is 4.24. The Morgan fingerprint density at radius 1 is 1.32 bits per heavy atom. The Morgan fingerprint density at radius 2 is 2.04 bits per heavy atom. The van der Waals surface area contributed by atoms with Crippen molar-refractivity contribution in [2.24, 2.45) is 10.2 Å². The fourth-order valence-corrected chi connectivity index (χ4v) is 3.69. The van der Waals surface area contributed by atoms with Crippen molar-refractivity contribution in [3.05, 3.63) is 34.6 Å². The molecule has 1 aliphatic heterocycles. The fraction of sp³-hybridized carbons (Fsp3) is 0.444. The van der Waals surface area contributed by atoms with Crippen LogP contribution in [0.1, 0.15) is 36.3 Å². The summed E-state index contributed by atoms with van der Waals surface area (Å²) < 4.78 is 2.09. The molecule has 3 heterocycles. The smallest absolute Gasteiger partial charge is 0.226 e. The standard InChI is InChI=1S/C18H21N5OS/c1-4-5-8-18(21-22-18)9-10-19-16(24)11-15-12-25-17(20-15)23-13(2)6-7-14(23)3/h1,6-7,12H,5,8-11H2,2-3H3,(H,19,24). The molecule has 130 valence electrons. The number of rotatable bonds is 8. The fourth-order valence-electron chi connectivity index (χ4n) is 2.75. The van der Waals surface area contributed by atoms with Gasteiger partial charge in [-0.3, -0.25) is 9.36 Å². The van der Waals surface area contributed by atoms with Gasteiger partial charge in [-0.05, 0) is 26.0 Å². The lowest BCUT2D eigenvalue weighted by Gasteiger charge is -2.09. The van der Waals surface area contributed by atoms with E-state index in [0.29, 0.717) is 19.4 Å². The van der Waals surface area contributed by atoms with Crippen molar-refractivity contribution < 1.29 is 4.79 Å². The minimum atomic E-state index is -0.350. The molecule has 0 bridgehead atoms. The number of nitrogens with zero attached hydrogens (tertiary/aromatic N) is 4. The average molecular weight is 355 g/mol. The van der Waals surface area contributed by atoms with Crippen molar-refractivity contribution in [1.29, 1.82) is 0 Å². The highest BCUT2D eigenvalue weighted by atomic mass is 32.1. The van der Waals surface area contributed by atoms with Crippen LogP contribution in [0.3, 0.4) is 0 Å². The number of thiazole rings is 1. The molecule has 0 fully saturated rings. The van der Waals surface area contributed by atoms with Crippen LogP contribution in [0.15, 0.2) is 27.7 Å². The zero-order valence-corrected chi connectivity index (χ0v) is 15.3. The Bertz CT molecular complexity index is 817. The van der Waals surface area contributed by atoms with E-state index in [0.717, 1.165) is 28.6 Å². The van der Waals surface area contributed by atoms with Gasteiger partial charge in [0.25, 0.3) is 0 Å². The Labute approximate surface area is 151 Å². The number of hydrogen-bond donors (Lipinski definition) is 1.